The summed E-state index contributed by atoms with van der Waals surface area (Å²) in [5.74, 6) is -1.77. The van der Waals surface area contributed by atoms with Crippen molar-refractivity contribution in [3.8, 4) is 0 Å². The van der Waals surface area contributed by atoms with Gasteiger partial charge in [0.1, 0.15) is 0 Å². The Kier molecular flexibility index (Phi) is 5.45. The van der Waals surface area contributed by atoms with E-state index in [1.54, 1.807) is 0 Å². The quantitative estimate of drug-likeness (QED) is 0.649. The summed E-state index contributed by atoms with van der Waals surface area (Å²) >= 11 is 6.05. The largest absolute Gasteiger partial charge is 0.395 e. The molecule has 3 N–H and O–H groups in total. The van der Waals surface area contributed by atoms with Crippen molar-refractivity contribution in [1.29, 1.82) is 0 Å². The third kappa shape index (κ3) is 4.12. The molecule has 2 rings (SSSR count). The molecule has 1 fully saturated rings. The van der Waals surface area contributed by atoms with Gasteiger partial charge in [-0.1, -0.05) is 11.6 Å². The maximum absolute atomic E-state index is 12.0. The number of aliphatic hydroxyl groups excluding tert-OH is 1. The minimum atomic E-state index is -3.41. The zero-order valence-corrected chi connectivity index (χ0v) is 13.7. The smallest absolute Gasteiger partial charge is 0.313 e. The average molecular weight is 362 g/mol. The first-order valence-electron chi connectivity index (χ1n) is 6.85. The number of nitrogens with one attached hydrogen (secondary N) is 2. The monoisotopic (exact) mass is 361 g/mol. The molecule has 1 aromatic carbocycles. The molecular formula is C13H16ClN3O5S. The van der Waals surface area contributed by atoms with E-state index in [0.717, 1.165) is 0 Å². The molecule has 0 bridgehead atoms. The number of sulfonamides is 1. The highest BCUT2D eigenvalue weighted by Gasteiger charge is 2.30. The molecule has 10 heteroatoms. The number of anilines is 2. The van der Waals surface area contributed by atoms with Gasteiger partial charge < -0.3 is 15.7 Å². The Morgan fingerprint density at radius 1 is 1.30 bits per heavy atom. The summed E-state index contributed by atoms with van der Waals surface area (Å²) in [6, 6.07) is 4.32. The lowest BCUT2D eigenvalue weighted by Gasteiger charge is -2.19. The van der Waals surface area contributed by atoms with Gasteiger partial charge in [0.05, 0.1) is 23.1 Å². The summed E-state index contributed by atoms with van der Waals surface area (Å²) < 4.78 is 25.1. The van der Waals surface area contributed by atoms with Crippen molar-refractivity contribution < 1.29 is 23.1 Å². The van der Waals surface area contributed by atoms with Gasteiger partial charge in [-0.15, -0.1) is 0 Å². The fourth-order valence-corrected chi connectivity index (χ4v) is 3.97. The third-order valence-corrected chi connectivity index (χ3v) is 5.35. The van der Waals surface area contributed by atoms with Crippen molar-refractivity contribution in [2.24, 2.45) is 0 Å². The molecule has 0 spiro atoms. The number of hydrogen-bond acceptors (Lipinski definition) is 5. The normalized spacial score (nSPS) is 16.2. The van der Waals surface area contributed by atoms with Crippen LogP contribution in [0.3, 0.4) is 0 Å². The van der Waals surface area contributed by atoms with Gasteiger partial charge in [-0.25, -0.2) is 8.42 Å². The molecule has 0 aromatic heterocycles. The van der Waals surface area contributed by atoms with Crippen LogP contribution in [0.4, 0.5) is 11.4 Å². The van der Waals surface area contributed by atoms with E-state index in [4.69, 9.17) is 16.7 Å². The third-order valence-electron chi connectivity index (χ3n) is 3.18. The van der Waals surface area contributed by atoms with Crippen molar-refractivity contribution in [3.63, 3.8) is 0 Å². The fraction of sp³-hybridized carbons (Fsp3) is 0.385. The number of hydrogen-bond donors (Lipinski definition) is 3. The van der Waals surface area contributed by atoms with Crippen molar-refractivity contribution in [1.82, 2.24) is 5.32 Å². The predicted octanol–water partition coefficient (Wildman–Crippen LogP) is -0.0731. The first kappa shape index (κ1) is 17.5. The second kappa shape index (κ2) is 7.16. The Morgan fingerprint density at radius 2 is 2.04 bits per heavy atom. The van der Waals surface area contributed by atoms with Gasteiger partial charge in [0.25, 0.3) is 0 Å². The average Bonchev–Trinajstić information content (AvgIpc) is 2.85. The molecule has 23 heavy (non-hydrogen) atoms. The molecule has 1 aliphatic rings. The first-order chi connectivity index (χ1) is 10.8. The van der Waals surface area contributed by atoms with Gasteiger partial charge in [0.15, 0.2) is 0 Å². The minimum absolute atomic E-state index is 0.0376. The van der Waals surface area contributed by atoms with Crippen LogP contribution in [-0.4, -0.2) is 50.8 Å². The van der Waals surface area contributed by atoms with E-state index >= 15 is 0 Å². The molecule has 0 radical (unpaired) electrons. The van der Waals surface area contributed by atoms with Crippen LogP contribution >= 0.6 is 11.6 Å². The lowest BCUT2D eigenvalue weighted by Crippen LogP contribution is -2.36. The van der Waals surface area contributed by atoms with Gasteiger partial charge in [-0.3, -0.25) is 13.9 Å². The van der Waals surface area contributed by atoms with Gasteiger partial charge in [-0.2, -0.15) is 0 Å². The molecule has 0 saturated carbocycles. The number of halogens is 1. The SMILES string of the molecule is O=C(NCCO)C(=O)Nc1ccc(Cl)c(N2CCCS2(=O)=O)c1. The Bertz CT molecular complexity index is 722. The van der Waals surface area contributed by atoms with Crippen molar-refractivity contribution in [2.45, 2.75) is 6.42 Å². The highest BCUT2D eigenvalue weighted by molar-refractivity contribution is 7.93. The lowest BCUT2D eigenvalue weighted by molar-refractivity contribution is -0.136. The van der Waals surface area contributed by atoms with Crippen LogP contribution in [0.1, 0.15) is 6.42 Å². The summed E-state index contributed by atoms with van der Waals surface area (Å²) in [7, 11) is -3.41. The summed E-state index contributed by atoms with van der Waals surface area (Å²) in [6.07, 6.45) is 0.499. The summed E-state index contributed by atoms with van der Waals surface area (Å²) in [5, 5.41) is 13.4. The van der Waals surface area contributed by atoms with E-state index in [9.17, 15) is 18.0 Å². The van der Waals surface area contributed by atoms with Crippen molar-refractivity contribution in [3.05, 3.63) is 23.2 Å². The molecule has 1 heterocycles. The predicted molar refractivity (Wildman–Crippen MR) is 85.9 cm³/mol. The zero-order valence-electron chi connectivity index (χ0n) is 12.1. The van der Waals surface area contributed by atoms with E-state index in [0.29, 0.717) is 13.0 Å². The van der Waals surface area contributed by atoms with Crippen molar-refractivity contribution in [2.75, 3.05) is 35.1 Å². The van der Waals surface area contributed by atoms with Crippen LogP contribution in [0.2, 0.25) is 5.02 Å². The van der Waals surface area contributed by atoms with E-state index in [1.807, 2.05) is 0 Å². The lowest BCUT2D eigenvalue weighted by atomic mass is 10.2. The van der Waals surface area contributed by atoms with Gasteiger partial charge >= 0.3 is 11.8 Å². The second-order valence-electron chi connectivity index (χ2n) is 4.84. The zero-order chi connectivity index (χ0) is 17.0. The molecule has 2 amide bonds. The Morgan fingerprint density at radius 3 is 2.65 bits per heavy atom. The number of amides is 2. The second-order valence-corrected chi connectivity index (χ2v) is 7.26. The van der Waals surface area contributed by atoms with Gasteiger partial charge in [0.2, 0.25) is 10.0 Å². The van der Waals surface area contributed by atoms with Crippen molar-refractivity contribution >= 4 is 44.8 Å². The maximum Gasteiger partial charge on any atom is 0.313 e. The Labute approximate surface area is 138 Å². The highest BCUT2D eigenvalue weighted by atomic mass is 35.5. The fourth-order valence-electron chi connectivity index (χ4n) is 2.13. The molecule has 126 valence electrons. The molecule has 1 saturated heterocycles. The standard InChI is InChI=1S/C13H16ClN3O5S/c14-10-3-2-9(16-13(20)12(19)15-4-6-18)8-11(10)17-5-1-7-23(17,21)22/h2-3,8,18H,1,4-7H2,(H,15,19)(H,16,20). The van der Waals surface area contributed by atoms with Crippen LogP contribution in [0, 0.1) is 0 Å². The van der Waals surface area contributed by atoms with Crippen LogP contribution < -0.4 is 14.9 Å². The summed E-state index contributed by atoms with van der Waals surface area (Å²) in [6.45, 7) is -0.00247. The Hall–Kier alpha value is -1.84. The molecule has 1 aromatic rings. The van der Waals surface area contributed by atoms with E-state index in [-0.39, 0.29) is 35.3 Å². The number of carbonyl (C=O) groups excluding carboxylic acids is 2. The van der Waals surface area contributed by atoms with Gasteiger partial charge in [0, 0.05) is 18.8 Å². The Balaban J connectivity index is 2.18. The van der Waals surface area contributed by atoms with Crippen LogP contribution in [0.15, 0.2) is 18.2 Å². The van der Waals surface area contributed by atoms with Crippen LogP contribution in [0.5, 0.6) is 0 Å². The van der Waals surface area contributed by atoms with E-state index in [1.165, 1.54) is 22.5 Å². The van der Waals surface area contributed by atoms with Gasteiger partial charge in [-0.05, 0) is 24.6 Å². The summed E-state index contributed by atoms with van der Waals surface area (Å²) in [4.78, 5) is 23.1. The molecule has 8 nitrogen and oxygen atoms in total. The number of nitrogens with zero attached hydrogens (tertiary/aromatic N) is 1. The number of rotatable bonds is 4. The van der Waals surface area contributed by atoms with Crippen LogP contribution in [0.25, 0.3) is 0 Å². The summed E-state index contributed by atoms with van der Waals surface area (Å²) in [5.41, 5.74) is 0.508. The van der Waals surface area contributed by atoms with Crippen LogP contribution in [-0.2, 0) is 19.6 Å². The topological polar surface area (TPSA) is 116 Å². The maximum atomic E-state index is 12.0. The first-order valence-corrected chi connectivity index (χ1v) is 8.84. The van der Waals surface area contributed by atoms with E-state index < -0.39 is 21.8 Å². The highest BCUT2D eigenvalue weighted by Crippen LogP contribution is 2.33. The molecule has 0 unspecified atom stereocenters. The molecule has 0 atom stereocenters. The molecule has 1 aliphatic heterocycles. The molecular weight excluding hydrogens is 346 g/mol. The number of carbonyl (C=O) groups is 2. The minimum Gasteiger partial charge on any atom is -0.395 e. The number of benzene rings is 1. The molecule has 0 aliphatic carbocycles. The van der Waals surface area contributed by atoms with E-state index in [2.05, 4.69) is 10.6 Å². The number of aliphatic hydroxyl groups is 1.